The minimum atomic E-state index is -0.386. The molecule has 1 amide bonds. The molecule has 144 valence electrons. The monoisotopic (exact) mass is 367 g/mol. The number of amides is 1. The minimum Gasteiger partial charge on any atom is -0.466 e. The van der Waals surface area contributed by atoms with Gasteiger partial charge < -0.3 is 9.64 Å². The molecule has 0 spiro atoms. The van der Waals surface area contributed by atoms with E-state index in [1.807, 2.05) is 72.5 Å². The van der Waals surface area contributed by atoms with E-state index in [-0.39, 0.29) is 30.3 Å². The molecule has 1 atom stereocenters. The highest BCUT2D eigenvalue weighted by atomic mass is 16.5. The summed E-state index contributed by atoms with van der Waals surface area (Å²) in [6.45, 7) is 6.58. The van der Waals surface area contributed by atoms with Gasteiger partial charge in [0.1, 0.15) is 0 Å². The summed E-state index contributed by atoms with van der Waals surface area (Å²) in [6.07, 6.45) is 1.03. The molecule has 2 rings (SSSR count). The van der Waals surface area contributed by atoms with Crippen molar-refractivity contribution in [3.05, 3.63) is 71.8 Å². The van der Waals surface area contributed by atoms with Crippen LogP contribution in [0.2, 0.25) is 0 Å². The lowest BCUT2D eigenvalue weighted by Gasteiger charge is -2.32. The molecule has 0 radical (unpaired) electrons. The molecule has 0 bridgehead atoms. The summed E-state index contributed by atoms with van der Waals surface area (Å²) in [5, 5.41) is 0. The van der Waals surface area contributed by atoms with Crippen molar-refractivity contribution in [1.29, 1.82) is 0 Å². The average Bonchev–Trinajstić information content (AvgIpc) is 2.70. The van der Waals surface area contributed by atoms with E-state index in [1.54, 1.807) is 6.92 Å². The maximum absolute atomic E-state index is 13.6. The van der Waals surface area contributed by atoms with Crippen molar-refractivity contribution in [2.75, 3.05) is 13.2 Å². The molecule has 4 heteroatoms. The van der Waals surface area contributed by atoms with Gasteiger partial charge in [0.2, 0.25) is 5.91 Å². The third-order valence-electron chi connectivity index (χ3n) is 4.78. The van der Waals surface area contributed by atoms with Gasteiger partial charge in [-0.3, -0.25) is 9.59 Å². The second-order valence-electron chi connectivity index (χ2n) is 6.60. The van der Waals surface area contributed by atoms with Crippen LogP contribution in [0.4, 0.5) is 0 Å². The highest BCUT2D eigenvalue weighted by Gasteiger charge is 2.30. The first-order chi connectivity index (χ1) is 13.1. The summed E-state index contributed by atoms with van der Waals surface area (Å²) in [7, 11) is 0. The summed E-state index contributed by atoms with van der Waals surface area (Å²) < 4.78 is 5.04. The van der Waals surface area contributed by atoms with Gasteiger partial charge in [0.05, 0.1) is 18.9 Å². The van der Waals surface area contributed by atoms with Crippen molar-refractivity contribution in [3.63, 3.8) is 0 Å². The van der Waals surface area contributed by atoms with E-state index in [9.17, 15) is 9.59 Å². The molecule has 0 aliphatic rings. The van der Waals surface area contributed by atoms with Crippen LogP contribution in [0, 0.1) is 0 Å². The van der Waals surface area contributed by atoms with Crippen molar-refractivity contribution >= 4 is 11.9 Å². The molecule has 2 aromatic rings. The fourth-order valence-corrected chi connectivity index (χ4v) is 3.15. The molecule has 0 fully saturated rings. The Hall–Kier alpha value is -2.62. The Morgan fingerprint density at radius 2 is 1.44 bits per heavy atom. The van der Waals surface area contributed by atoms with Crippen LogP contribution in [0.15, 0.2) is 60.7 Å². The molecule has 0 heterocycles. The quantitative estimate of drug-likeness (QED) is 0.617. The predicted octanol–water partition coefficient (Wildman–Crippen LogP) is 4.40. The summed E-state index contributed by atoms with van der Waals surface area (Å²) in [5.41, 5.74) is 1.91. The van der Waals surface area contributed by atoms with Crippen LogP contribution in [0.5, 0.6) is 0 Å². The lowest BCUT2D eigenvalue weighted by Crippen LogP contribution is -2.42. The van der Waals surface area contributed by atoms with E-state index in [0.29, 0.717) is 13.2 Å². The van der Waals surface area contributed by atoms with Gasteiger partial charge in [-0.05, 0) is 31.4 Å². The number of esters is 1. The van der Waals surface area contributed by atoms with Crippen LogP contribution in [-0.4, -0.2) is 36.0 Å². The zero-order valence-corrected chi connectivity index (χ0v) is 16.4. The Balaban J connectivity index is 2.33. The highest BCUT2D eigenvalue weighted by Crippen LogP contribution is 2.28. The molecule has 0 aliphatic heterocycles. The fraction of sp³-hybridized carbons (Fsp3) is 0.391. The molecule has 27 heavy (non-hydrogen) atoms. The molecule has 0 saturated carbocycles. The van der Waals surface area contributed by atoms with Crippen LogP contribution in [-0.2, 0) is 14.3 Å². The third kappa shape index (κ3) is 5.68. The maximum Gasteiger partial charge on any atom is 0.307 e. The number of rotatable bonds is 9. The molecule has 4 nitrogen and oxygen atoms in total. The SMILES string of the molecule is CCOC(=O)CCN(C(=O)C(c1ccccc1)c1ccccc1)C(C)CC. The van der Waals surface area contributed by atoms with Gasteiger partial charge in [0, 0.05) is 12.6 Å². The zero-order chi connectivity index (χ0) is 19.6. The van der Waals surface area contributed by atoms with Crippen molar-refractivity contribution in [3.8, 4) is 0 Å². The summed E-state index contributed by atoms with van der Waals surface area (Å²) in [5.74, 6) is -0.635. The lowest BCUT2D eigenvalue weighted by molar-refractivity contribution is -0.144. The zero-order valence-electron chi connectivity index (χ0n) is 16.4. The Labute approximate surface area is 162 Å². The van der Waals surface area contributed by atoms with E-state index in [4.69, 9.17) is 4.74 Å². The Kier molecular flexibility index (Phi) is 8.05. The van der Waals surface area contributed by atoms with Crippen molar-refractivity contribution in [1.82, 2.24) is 4.90 Å². The van der Waals surface area contributed by atoms with Gasteiger partial charge in [0.15, 0.2) is 0 Å². The number of hydrogen-bond donors (Lipinski definition) is 0. The van der Waals surface area contributed by atoms with Gasteiger partial charge in [-0.15, -0.1) is 0 Å². The fourth-order valence-electron chi connectivity index (χ4n) is 3.15. The largest absolute Gasteiger partial charge is 0.466 e. The van der Waals surface area contributed by atoms with E-state index < -0.39 is 0 Å². The standard InChI is InChI=1S/C23H29NO3/c1-4-18(3)24(17-16-21(25)27-5-2)23(26)22(19-12-8-6-9-13-19)20-14-10-7-11-15-20/h6-15,18,22H,4-5,16-17H2,1-3H3. The number of hydrogen-bond acceptors (Lipinski definition) is 3. The second-order valence-corrected chi connectivity index (χ2v) is 6.60. The average molecular weight is 367 g/mol. The molecule has 2 aromatic carbocycles. The van der Waals surface area contributed by atoms with Crippen molar-refractivity contribution in [2.45, 2.75) is 45.6 Å². The smallest absolute Gasteiger partial charge is 0.307 e. The number of carbonyl (C=O) groups excluding carboxylic acids is 2. The maximum atomic E-state index is 13.6. The first-order valence-corrected chi connectivity index (χ1v) is 9.64. The van der Waals surface area contributed by atoms with Crippen LogP contribution < -0.4 is 0 Å². The normalized spacial score (nSPS) is 11.9. The summed E-state index contributed by atoms with van der Waals surface area (Å²) in [4.78, 5) is 27.2. The van der Waals surface area contributed by atoms with Crippen LogP contribution in [0.3, 0.4) is 0 Å². The molecule has 0 aromatic heterocycles. The van der Waals surface area contributed by atoms with Gasteiger partial charge in [0.25, 0.3) is 0 Å². The Morgan fingerprint density at radius 1 is 0.926 bits per heavy atom. The number of benzene rings is 2. The molecule has 0 N–H and O–H groups in total. The van der Waals surface area contributed by atoms with Crippen molar-refractivity contribution in [2.24, 2.45) is 0 Å². The van der Waals surface area contributed by atoms with E-state index >= 15 is 0 Å². The summed E-state index contributed by atoms with van der Waals surface area (Å²) in [6, 6.07) is 19.7. The molecular formula is C23H29NO3. The van der Waals surface area contributed by atoms with Gasteiger partial charge >= 0.3 is 5.97 Å². The van der Waals surface area contributed by atoms with Gasteiger partial charge in [-0.1, -0.05) is 67.6 Å². The summed E-state index contributed by atoms with van der Waals surface area (Å²) >= 11 is 0. The molecular weight excluding hydrogens is 338 g/mol. The molecule has 0 saturated heterocycles. The number of nitrogens with zero attached hydrogens (tertiary/aromatic N) is 1. The third-order valence-corrected chi connectivity index (χ3v) is 4.78. The van der Waals surface area contributed by atoms with Crippen molar-refractivity contribution < 1.29 is 14.3 Å². The van der Waals surface area contributed by atoms with Gasteiger partial charge in [-0.2, -0.15) is 0 Å². The van der Waals surface area contributed by atoms with Crippen LogP contribution >= 0.6 is 0 Å². The number of ether oxygens (including phenoxy) is 1. The second kappa shape index (κ2) is 10.5. The highest BCUT2D eigenvalue weighted by molar-refractivity contribution is 5.87. The van der Waals surface area contributed by atoms with Crippen LogP contribution in [0.1, 0.15) is 50.7 Å². The Bertz CT molecular complexity index is 675. The molecule has 0 aliphatic carbocycles. The van der Waals surface area contributed by atoms with E-state index in [2.05, 4.69) is 6.92 Å². The first kappa shape index (κ1) is 20.7. The lowest BCUT2D eigenvalue weighted by atomic mass is 9.89. The minimum absolute atomic E-state index is 0.0195. The first-order valence-electron chi connectivity index (χ1n) is 9.64. The van der Waals surface area contributed by atoms with Crippen LogP contribution in [0.25, 0.3) is 0 Å². The topological polar surface area (TPSA) is 46.6 Å². The number of carbonyl (C=O) groups is 2. The molecule has 1 unspecified atom stereocenters. The van der Waals surface area contributed by atoms with E-state index in [0.717, 1.165) is 17.5 Å². The Morgan fingerprint density at radius 3 is 1.89 bits per heavy atom. The van der Waals surface area contributed by atoms with E-state index in [1.165, 1.54) is 0 Å². The predicted molar refractivity (Wildman–Crippen MR) is 107 cm³/mol. The van der Waals surface area contributed by atoms with Gasteiger partial charge in [-0.25, -0.2) is 0 Å².